The van der Waals surface area contributed by atoms with Crippen molar-refractivity contribution >= 4 is 17.7 Å². The lowest BCUT2D eigenvalue weighted by atomic mass is 10.2. The number of aromatic nitrogens is 1. The number of pyridine rings is 1. The van der Waals surface area contributed by atoms with Crippen LogP contribution in [0.3, 0.4) is 0 Å². The lowest BCUT2D eigenvalue weighted by Crippen LogP contribution is -2.50. The molecule has 0 saturated carbocycles. The molecule has 0 atom stereocenters. The van der Waals surface area contributed by atoms with E-state index < -0.39 is 0 Å². The van der Waals surface area contributed by atoms with E-state index in [4.69, 9.17) is 4.74 Å². The van der Waals surface area contributed by atoms with Gasteiger partial charge in [-0.2, -0.15) is 0 Å². The normalized spacial score (nSPS) is 14.5. The maximum Gasteiger partial charge on any atom is 0.409 e. The number of carbonyl (C=O) groups excluding carboxylic acids is 2. The predicted octanol–water partition coefficient (Wildman–Crippen LogP) is 1.36. The van der Waals surface area contributed by atoms with Gasteiger partial charge in [-0.1, -0.05) is 0 Å². The van der Waals surface area contributed by atoms with Gasteiger partial charge in [-0.25, -0.2) is 9.78 Å². The van der Waals surface area contributed by atoms with E-state index in [0.29, 0.717) is 38.5 Å². The van der Waals surface area contributed by atoms with Crippen molar-refractivity contribution in [3.05, 3.63) is 24.0 Å². The molecule has 26 heavy (non-hydrogen) atoms. The van der Waals surface area contributed by atoms with Crippen LogP contribution in [0.15, 0.2) is 18.3 Å². The SMILES string of the molecule is CCOC(=O)N1CCN(C(=O)c2ccc(NCCCN(C)C)cn2)CC1. The fourth-order valence-corrected chi connectivity index (χ4v) is 2.72. The van der Waals surface area contributed by atoms with Crippen LogP contribution in [0.25, 0.3) is 0 Å². The van der Waals surface area contributed by atoms with Crippen LogP contribution in [-0.2, 0) is 4.74 Å². The van der Waals surface area contributed by atoms with Gasteiger partial charge in [0.1, 0.15) is 5.69 Å². The van der Waals surface area contributed by atoms with E-state index in [1.165, 1.54) is 0 Å². The molecule has 0 radical (unpaired) electrons. The fourth-order valence-electron chi connectivity index (χ4n) is 2.72. The Morgan fingerprint density at radius 2 is 1.88 bits per heavy atom. The Kier molecular flexibility index (Phi) is 7.65. The van der Waals surface area contributed by atoms with Gasteiger partial charge in [-0.3, -0.25) is 4.79 Å². The molecular formula is C18H29N5O3. The molecule has 1 N–H and O–H groups in total. The standard InChI is InChI=1S/C18H29N5O3/c1-4-26-18(25)23-12-10-22(11-13-23)17(24)16-7-6-15(14-20-16)19-8-5-9-21(2)3/h6-7,14,19H,4-5,8-13H2,1-3H3. The van der Waals surface area contributed by atoms with Crippen molar-refractivity contribution in [2.24, 2.45) is 0 Å². The average molecular weight is 363 g/mol. The molecule has 0 spiro atoms. The molecule has 2 amide bonds. The molecule has 8 heteroatoms. The number of piperazine rings is 1. The second-order valence-electron chi connectivity index (χ2n) is 6.49. The molecular weight excluding hydrogens is 334 g/mol. The molecule has 8 nitrogen and oxygen atoms in total. The number of amides is 2. The highest BCUT2D eigenvalue weighted by Crippen LogP contribution is 2.11. The summed E-state index contributed by atoms with van der Waals surface area (Å²) in [7, 11) is 4.10. The van der Waals surface area contributed by atoms with E-state index in [0.717, 1.165) is 25.2 Å². The van der Waals surface area contributed by atoms with Crippen LogP contribution in [0.5, 0.6) is 0 Å². The Labute approximate surface area is 155 Å². The number of rotatable bonds is 7. The topological polar surface area (TPSA) is 78.0 Å². The van der Waals surface area contributed by atoms with Gasteiger partial charge in [0.15, 0.2) is 0 Å². The monoisotopic (exact) mass is 363 g/mol. The summed E-state index contributed by atoms with van der Waals surface area (Å²) in [5, 5.41) is 3.30. The fraction of sp³-hybridized carbons (Fsp3) is 0.611. The smallest absolute Gasteiger partial charge is 0.409 e. The number of anilines is 1. The Morgan fingerprint density at radius 3 is 2.46 bits per heavy atom. The molecule has 0 aliphatic carbocycles. The number of hydrogen-bond donors (Lipinski definition) is 1. The minimum absolute atomic E-state index is 0.104. The van der Waals surface area contributed by atoms with Gasteiger partial charge in [0.25, 0.3) is 5.91 Å². The summed E-state index contributed by atoms with van der Waals surface area (Å²) in [6.07, 6.45) is 2.42. The summed E-state index contributed by atoms with van der Waals surface area (Å²) >= 11 is 0. The van der Waals surface area contributed by atoms with Gasteiger partial charge in [0, 0.05) is 32.7 Å². The summed E-state index contributed by atoms with van der Waals surface area (Å²) in [5.74, 6) is -0.104. The van der Waals surface area contributed by atoms with Crippen molar-refractivity contribution in [2.75, 3.05) is 65.3 Å². The van der Waals surface area contributed by atoms with Crippen LogP contribution in [0.1, 0.15) is 23.8 Å². The lowest BCUT2D eigenvalue weighted by Gasteiger charge is -2.33. The van der Waals surface area contributed by atoms with E-state index in [1.54, 1.807) is 29.0 Å². The zero-order valence-corrected chi connectivity index (χ0v) is 15.9. The summed E-state index contributed by atoms with van der Waals surface area (Å²) < 4.78 is 4.99. The predicted molar refractivity (Wildman–Crippen MR) is 100 cm³/mol. The highest BCUT2D eigenvalue weighted by molar-refractivity contribution is 5.92. The molecule has 1 saturated heterocycles. The van der Waals surface area contributed by atoms with Crippen LogP contribution < -0.4 is 5.32 Å². The first-order valence-electron chi connectivity index (χ1n) is 9.07. The maximum atomic E-state index is 12.6. The molecule has 1 aliphatic heterocycles. The molecule has 2 heterocycles. The Balaban J connectivity index is 1.80. The van der Waals surface area contributed by atoms with Gasteiger partial charge >= 0.3 is 6.09 Å². The lowest BCUT2D eigenvalue weighted by molar-refractivity contribution is 0.0566. The highest BCUT2D eigenvalue weighted by atomic mass is 16.6. The van der Waals surface area contributed by atoms with Crippen molar-refractivity contribution in [1.29, 1.82) is 0 Å². The maximum absolute atomic E-state index is 12.6. The summed E-state index contributed by atoms with van der Waals surface area (Å²) in [4.78, 5) is 34.0. The summed E-state index contributed by atoms with van der Waals surface area (Å²) in [5.41, 5.74) is 1.33. The molecule has 1 aromatic heterocycles. The molecule has 144 valence electrons. The molecule has 0 aromatic carbocycles. The molecule has 1 aliphatic rings. The van der Waals surface area contributed by atoms with Gasteiger partial charge < -0.3 is 24.8 Å². The second-order valence-corrected chi connectivity index (χ2v) is 6.49. The Morgan fingerprint density at radius 1 is 1.19 bits per heavy atom. The van der Waals surface area contributed by atoms with Gasteiger partial charge in [-0.15, -0.1) is 0 Å². The van der Waals surface area contributed by atoms with E-state index in [-0.39, 0.29) is 12.0 Å². The van der Waals surface area contributed by atoms with Crippen molar-refractivity contribution < 1.29 is 14.3 Å². The Bertz CT molecular complexity index is 583. The molecule has 1 aromatic rings. The molecule has 1 fully saturated rings. The number of ether oxygens (including phenoxy) is 1. The van der Waals surface area contributed by atoms with E-state index in [1.807, 2.05) is 6.07 Å². The first-order valence-corrected chi connectivity index (χ1v) is 9.07. The van der Waals surface area contributed by atoms with Crippen molar-refractivity contribution in [2.45, 2.75) is 13.3 Å². The second kappa shape index (κ2) is 9.96. The van der Waals surface area contributed by atoms with Gasteiger partial charge in [0.05, 0.1) is 18.5 Å². The van der Waals surface area contributed by atoms with E-state index in [2.05, 4.69) is 29.3 Å². The van der Waals surface area contributed by atoms with Crippen LogP contribution in [0.4, 0.5) is 10.5 Å². The largest absolute Gasteiger partial charge is 0.450 e. The van der Waals surface area contributed by atoms with Crippen LogP contribution >= 0.6 is 0 Å². The quantitative estimate of drug-likeness (QED) is 0.737. The van der Waals surface area contributed by atoms with Gasteiger partial charge in [-0.05, 0) is 46.1 Å². The third-order valence-electron chi connectivity index (χ3n) is 4.19. The van der Waals surface area contributed by atoms with Crippen molar-refractivity contribution in [3.8, 4) is 0 Å². The Hall–Kier alpha value is -2.35. The first-order chi connectivity index (χ1) is 12.5. The van der Waals surface area contributed by atoms with Crippen molar-refractivity contribution in [3.63, 3.8) is 0 Å². The first kappa shape index (κ1) is 20.0. The number of hydrogen-bond acceptors (Lipinski definition) is 6. The molecule has 2 rings (SSSR count). The average Bonchev–Trinajstić information content (AvgIpc) is 2.65. The van der Waals surface area contributed by atoms with Crippen molar-refractivity contribution in [1.82, 2.24) is 19.7 Å². The zero-order chi connectivity index (χ0) is 18.9. The zero-order valence-electron chi connectivity index (χ0n) is 15.9. The minimum atomic E-state index is -0.317. The van der Waals surface area contributed by atoms with E-state index in [9.17, 15) is 9.59 Å². The molecule has 0 bridgehead atoms. The van der Waals surface area contributed by atoms with E-state index >= 15 is 0 Å². The third kappa shape index (κ3) is 5.87. The number of nitrogens with zero attached hydrogens (tertiary/aromatic N) is 4. The minimum Gasteiger partial charge on any atom is -0.450 e. The van der Waals surface area contributed by atoms with Crippen LogP contribution in [-0.4, -0.2) is 91.7 Å². The highest BCUT2D eigenvalue weighted by Gasteiger charge is 2.25. The van der Waals surface area contributed by atoms with Crippen LogP contribution in [0.2, 0.25) is 0 Å². The number of nitrogens with one attached hydrogen (secondary N) is 1. The van der Waals surface area contributed by atoms with Crippen LogP contribution in [0, 0.1) is 0 Å². The third-order valence-corrected chi connectivity index (χ3v) is 4.19. The van der Waals surface area contributed by atoms with Gasteiger partial charge in [0.2, 0.25) is 0 Å². The molecule has 0 unspecified atom stereocenters. The summed E-state index contributed by atoms with van der Waals surface area (Å²) in [6, 6.07) is 3.62. The summed E-state index contributed by atoms with van der Waals surface area (Å²) in [6.45, 7) is 5.97. The number of carbonyl (C=O) groups is 2.